The fraction of sp³-hybridized carbons (Fsp3) is 0.462. The summed E-state index contributed by atoms with van der Waals surface area (Å²) >= 11 is 0. The molecule has 2 nitrogen and oxygen atoms in total. The number of hydrogen-bond donors (Lipinski definition) is 0. The molecule has 0 bridgehead atoms. The van der Waals surface area contributed by atoms with Crippen LogP contribution in [0, 0.1) is 11.7 Å². The van der Waals surface area contributed by atoms with Crippen molar-refractivity contribution in [3.8, 4) is 0 Å². The first kappa shape index (κ1) is 11.1. The van der Waals surface area contributed by atoms with Crippen LogP contribution in [0.2, 0.25) is 0 Å². The number of rotatable bonds is 3. The third-order valence-electron chi connectivity index (χ3n) is 3.20. The number of hydrogen-bond acceptors (Lipinski definition) is 1. The number of halogens is 1. The van der Waals surface area contributed by atoms with Crippen LogP contribution in [0.3, 0.4) is 0 Å². The van der Waals surface area contributed by atoms with E-state index in [0.717, 1.165) is 19.3 Å². The van der Waals surface area contributed by atoms with Gasteiger partial charge in [0.05, 0.1) is 0 Å². The topological polar surface area (TPSA) is 20.3 Å². The molecule has 1 saturated carbocycles. The fourth-order valence-electron chi connectivity index (χ4n) is 1.93. The Bertz CT molecular complexity index is 387. The van der Waals surface area contributed by atoms with Gasteiger partial charge in [-0.3, -0.25) is 4.79 Å². The van der Waals surface area contributed by atoms with Gasteiger partial charge in [-0.05, 0) is 18.9 Å². The smallest absolute Gasteiger partial charge is 0.225 e. The first-order valence-electron chi connectivity index (χ1n) is 5.67. The highest BCUT2D eigenvalue weighted by Gasteiger charge is 2.27. The molecule has 1 aromatic rings. The Labute approximate surface area is 95.1 Å². The summed E-state index contributed by atoms with van der Waals surface area (Å²) in [4.78, 5) is 13.5. The lowest BCUT2D eigenvalue weighted by Gasteiger charge is -2.29. The van der Waals surface area contributed by atoms with Crippen LogP contribution in [0.1, 0.15) is 24.8 Å². The number of nitrogens with zero attached hydrogens (tertiary/aromatic N) is 1. The van der Waals surface area contributed by atoms with Gasteiger partial charge in [0.1, 0.15) is 5.82 Å². The van der Waals surface area contributed by atoms with E-state index >= 15 is 0 Å². The molecule has 16 heavy (non-hydrogen) atoms. The average Bonchev–Trinajstić information content (AvgIpc) is 2.18. The van der Waals surface area contributed by atoms with Crippen LogP contribution < -0.4 is 0 Å². The van der Waals surface area contributed by atoms with Crippen LogP contribution in [0.15, 0.2) is 24.3 Å². The molecule has 0 aliphatic heterocycles. The Morgan fingerprint density at radius 3 is 2.69 bits per heavy atom. The van der Waals surface area contributed by atoms with Gasteiger partial charge in [0.25, 0.3) is 0 Å². The van der Waals surface area contributed by atoms with Crippen LogP contribution in [0.5, 0.6) is 0 Å². The van der Waals surface area contributed by atoms with E-state index in [4.69, 9.17) is 0 Å². The molecule has 0 unspecified atom stereocenters. The summed E-state index contributed by atoms with van der Waals surface area (Å²) in [7, 11) is 1.74. The number of carbonyl (C=O) groups excluding carboxylic acids is 1. The molecule has 0 heterocycles. The Morgan fingerprint density at radius 2 is 2.12 bits per heavy atom. The Hall–Kier alpha value is -1.38. The number of amides is 1. The van der Waals surface area contributed by atoms with E-state index in [0.29, 0.717) is 12.1 Å². The van der Waals surface area contributed by atoms with Gasteiger partial charge in [0.15, 0.2) is 0 Å². The molecule has 0 aromatic heterocycles. The van der Waals surface area contributed by atoms with Crippen molar-refractivity contribution in [1.82, 2.24) is 4.90 Å². The molecule has 0 saturated heterocycles. The van der Waals surface area contributed by atoms with Crippen LogP contribution in [-0.2, 0) is 11.3 Å². The summed E-state index contributed by atoms with van der Waals surface area (Å²) in [6.07, 6.45) is 3.12. The van der Waals surface area contributed by atoms with E-state index in [1.165, 1.54) is 6.07 Å². The van der Waals surface area contributed by atoms with Crippen molar-refractivity contribution in [2.75, 3.05) is 7.05 Å². The maximum Gasteiger partial charge on any atom is 0.225 e. The zero-order chi connectivity index (χ0) is 11.5. The van der Waals surface area contributed by atoms with Crippen LogP contribution in [0.25, 0.3) is 0 Å². The van der Waals surface area contributed by atoms with Gasteiger partial charge < -0.3 is 4.90 Å². The second-order valence-electron chi connectivity index (χ2n) is 4.41. The van der Waals surface area contributed by atoms with Crippen molar-refractivity contribution in [3.63, 3.8) is 0 Å². The van der Waals surface area contributed by atoms with Gasteiger partial charge in [-0.25, -0.2) is 4.39 Å². The van der Waals surface area contributed by atoms with Gasteiger partial charge in [-0.15, -0.1) is 0 Å². The first-order valence-corrected chi connectivity index (χ1v) is 5.67. The SMILES string of the molecule is CN(Cc1ccccc1F)C(=O)C1CCC1. The van der Waals surface area contributed by atoms with Crippen molar-refractivity contribution >= 4 is 5.91 Å². The standard InChI is InChI=1S/C13H16FNO/c1-15(13(16)10-6-4-7-10)9-11-5-2-3-8-12(11)14/h2-3,5,8,10H,4,6-7,9H2,1H3. The van der Waals surface area contributed by atoms with Crippen molar-refractivity contribution in [2.24, 2.45) is 5.92 Å². The van der Waals surface area contributed by atoms with E-state index in [-0.39, 0.29) is 17.6 Å². The van der Waals surface area contributed by atoms with Crippen LogP contribution in [-0.4, -0.2) is 17.9 Å². The van der Waals surface area contributed by atoms with Crippen molar-refractivity contribution in [1.29, 1.82) is 0 Å². The molecule has 0 radical (unpaired) electrons. The zero-order valence-electron chi connectivity index (χ0n) is 9.45. The van der Waals surface area contributed by atoms with Crippen LogP contribution >= 0.6 is 0 Å². The molecule has 86 valence electrons. The first-order chi connectivity index (χ1) is 7.68. The molecule has 0 atom stereocenters. The van der Waals surface area contributed by atoms with Gasteiger partial charge in [0.2, 0.25) is 5.91 Å². The predicted octanol–water partition coefficient (Wildman–Crippen LogP) is 2.58. The van der Waals surface area contributed by atoms with Gasteiger partial charge >= 0.3 is 0 Å². The molecule has 3 heteroatoms. The quantitative estimate of drug-likeness (QED) is 0.768. The second-order valence-corrected chi connectivity index (χ2v) is 4.41. The van der Waals surface area contributed by atoms with E-state index in [1.807, 2.05) is 0 Å². The fourth-order valence-corrected chi connectivity index (χ4v) is 1.93. The Morgan fingerprint density at radius 1 is 1.44 bits per heavy atom. The summed E-state index contributed by atoms with van der Waals surface area (Å²) in [5.74, 6) is 0.0852. The molecule has 1 aromatic carbocycles. The minimum absolute atomic E-state index is 0.148. The highest BCUT2D eigenvalue weighted by Crippen LogP contribution is 2.28. The summed E-state index contributed by atoms with van der Waals surface area (Å²) in [6, 6.07) is 6.60. The van der Waals surface area contributed by atoms with Crippen molar-refractivity contribution in [2.45, 2.75) is 25.8 Å². The molecule has 1 amide bonds. The normalized spacial score (nSPS) is 15.6. The van der Waals surface area contributed by atoms with E-state index in [2.05, 4.69) is 0 Å². The van der Waals surface area contributed by atoms with Crippen molar-refractivity contribution in [3.05, 3.63) is 35.6 Å². The van der Waals surface area contributed by atoms with Crippen LogP contribution in [0.4, 0.5) is 4.39 Å². The lowest BCUT2D eigenvalue weighted by Crippen LogP contribution is -2.35. The number of benzene rings is 1. The molecule has 1 fully saturated rings. The lowest BCUT2D eigenvalue weighted by molar-refractivity contribution is -0.137. The Balaban J connectivity index is 1.98. The highest BCUT2D eigenvalue weighted by atomic mass is 19.1. The monoisotopic (exact) mass is 221 g/mol. The van der Waals surface area contributed by atoms with Gasteiger partial charge in [-0.1, -0.05) is 24.6 Å². The lowest BCUT2D eigenvalue weighted by atomic mass is 9.84. The van der Waals surface area contributed by atoms with E-state index in [1.54, 1.807) is 30.1 Å². The second kappa shape index (κ2) is 4.64. The summed E-state index contributed by atoms with van der Waals surface area (Å²) < 4.78 is 13.4. The summed E-state index contributed by atoms with van der Waals surface area (Å²) in [5, 5.41) is 0. The highest BCUT2D eigenvalue weighted by molar-refractivity contribution is 5.79. The average molecular weight is 221 g/mol. The molecular formula is C13H16FNO. The van der Waals surface area contributed by atoms with Crippen molar-refractivity contribution < 1.29 is 9.18 Å². The third kappa shape index (κ3) is 2.23. The molecule has 2 rings (SSSR count). The predicted molar refractivity (Wildman–Crippen MR) is 60.2 cm³/mol. The maximum absolute atomic E-state index is 13.4. The largest absolute Gasteiger partial charge is 0.341 e. The zero-order valence-corrected chi connectivity index (χ0v) is 9.45. The van der Waals surface area contributed by atoms with E-state index in [9.17, 15) is 9.18 Å². The minimum Gasteiger partial charge on any atom is -0.341 e. The molecule has 1 aliphatic rings. The Kier molecular flexibility index (Phi) is 3.22. The molecule has 0 spiro atoms. The maximum atomic E-state index is 13.4. The van der Waals surface area contributed by atoms with E-state index < -0.39 is 0 Å². The third-order valence-corrected chi connectivity index (χ3v) is 3.20. The summed E-state index contributed by atoms with van der Waals surface area (Å²) in [6.45, 7) is 0.363. The number of carbonyl (C=O) groups is 1. The van der Waals surface area contributed by atoms with Gasteiger partial charge in [-0.2, -0.15) is 0 Å². The summed E-state index contributed by atoms with van der Waals surface area (Å²) in [5.41, 5.74) is 0.581. The minimum atomic E-state index is -0.240. The molecular weight excluding hydrogens is 205 g/mol. The molecule has 1 aliphatic carbocycles. The van der Waals surface area contributed by atoms with Gasteiger partial charge in [0, 0.05) is 25.1 Å². The molecule has 0 N–H and O–H groups in total.